The molecule has 1 aromatic carbocycles. The molecule has 0 heterocycles. The lowest BCUT2D eigenvalue weighted by Gasteiger charge is -2.23. The largest absolute Gasteiger partial charge is 0.496 e. The molecule has 6 nitrogen and oxygen atoms in total. The SMILES string of the molecule is CC.COc1cc(CCNC(=O)CC(C)(C)OC(C)=O)c(OC)cc1Br. The predicted molar refractivity (Wildman–Crippen MR) is 106 cm³/mol. The van der Waals surface area contributed by atoms with Gasteiger partial charge in [0.05, 0.1) is 25.1 Å². The van der Waals surface area contributed by atoms with Gasteiger partial charge in [-0.15, -0.1) is 0 Å². The number of esters is 1. The van der Waals surface area contributed by atoms with Gasteiger partial charge in [0.2, 0.25) is 5.91 Å². The first-order valence-electron chi connectivity index (χ1n) is 8.55. The molecule has 0 bridgehead atoms. The number of hydrogen-bond donors (Lipinski definition) is 1. The number of benzene rings is 1. The van der Waals surface area contributed by atoms with Crippen LogP contribution in [0.5, 0.6) is 11.5 Å². The third-order valence-corrected chi connectivity index (χ3v) is 3.90. The van der Waals surface area contributed by atoms with Gasteiger partial charge in [-0.05, 0) is 53.9 Å². The second-order valence-electron chi connectivity index (χ2n) is 5.93. The molecule has 1 rings (SSSR count). The zero-order valence-electron chi connectivity index (χ0n) is 16.7. The second-order valence-corrected chi connectivity index (χ2v) is 6.78. The highest BCUT2D eigenvalue weighted by Crippen LogP contribution is 2.32. The molecule has 0 saturated carbocycles. The van der Waals surface area contributed by atoms with Gasteiger partial charge in [-0.3, -0.25) is 9.59 Å². The van der Waals surface area contributed by atoms with Gasteiger partial charge >= 0.3 is 5.97 Å². The average Bonchev–Trinajstić information content (AvgIpc) is 2.55. The van der Waals surface area contributed by atoms with Gasteiger partial charge in [-0.25, -0.2) is 0 Å². The van der Waals surface area contributed by atoms with Crippen LogP contribution in [0.25, 0.3) is 0 Å². The van der Waals surface area contributed by atoms with E-state index in [1.165, 1.54) is 6.92 Å². The van der Waals surface area contributed by atoms with Crippen LogP contribution < -0.4 is 14.8 Å². The van der Waals surface area contributed by atoms with E-state index in [1.807, 2.05) is 26.0 Å². The monoisotopic (exact) mass is 431 g/mol. The predicted octanol–water partition coefficient (Wildman–Crippen LogP) is 3.88. The highest BCUT2D eigenvalue weighted by atomic mass is 79.9. The Bertz CT molecular complexity index is 602. The molecule has 0 spiro atoms. The highest BCUT2D eigenvalue weighted by molar-refractivity contribution is 9.10. The number of hydrogen-bond acceptors (Lipinski definition) is 5. The van der Waals surface area contributed by atoms with Crippen molar-refractivity contribution in [1.82, 2.24) is 5.32 Å². The van der Waals surface area contributed by atoms with Crippen LogP contribution in [-0.4, -0.2) is 38.2 Å². The topological polar surface area (TPSA) is 73.9 Å². The minimum absolute atomic E-state index is 0.105. The summed E-state index contributed by atoms with van der Waals surface area (Å²) in [6.07, 6.45) is 0.694. The molecule has 0 saturated heterocycles. The van der Waals surface area contributed by atoms with Crippen LogP contribution in [0, 0.1) is 0 Å². The minimum Gasteiger partial charge on any atom is -0.496 e. The molecule has 0 radical (unpaired) electrons. The number of halogens is 1. The fraction of sp³-hybridized carbons (Fsp3) is 0.579. The molecule has 0 aromatic heterocycles. The number of carbonyl (C=O) groups excluding carboxylic acids is 2. The molecule has 148 valence electrons. The van der Waals surface area contributed by atoms with Gasteiger partial charge in [0.15, 0.2) is 0 Å². The number of methoxy groups -OCH3 is 2. The quantitative estimate of drug-likeness (QED) is 0.631. The number of amides is 1. The Morgan fingerprint density at radius 2 is 1.69 bits per heavy atom. The van der Waals surface area contributed by atoms with Crippen LogP contribution in [0.1, 0.15) is 46.6 Å². The molecular formula is C19H30BrNO5. The summed E-state index contributed by atoms with van der Waals surface area (Å²) in [4.78, 5) is 23.0. The van der Waals surface area contributed by atoms with Crippen LogP contribution in [0.15, 0.2) is 16.6 Å². The summed E-state index contributed by atoms with van der Waals surface area (Å²) in [6.45, 7) is 9.18. The summed E-state index contributed by atoms with van der Waals surface area (Å²) in [5.74, 6) is 0.842. The molecule has 0 aliphatic carbocycles. The van der Waals surface area contributed by atoms with E-state index in [-0.39, 0.29) is 12.3 Å². The van der Waals surface area contributed by atoms with E-state index >= 15 is 0 Å². The lowest BCUT2D eigenvalue weighted by Crippen LogP contribution is -2.36. The Balaban J connectivity index is 0.00000301. The Labute approximate surface area is 164 Å². The third-order valence-electron chi connectivity index (χ3n) is 3.28. The van der Waals surface area contributed by atoms with E-state index in [1.54, 1.807) is 28.1 Å². The first kappa shape index (κ1) is 24.2. The van der Waals surface area contributed by atoms with Crippen molar-refractivity contribution in [1.29, 1.82) is 0 Å². The molecule has 1 amide bonds. The molecule has 0 fully saturated rings. The van der Waals surface area contributed by atoms with E-state index in [0.29, 0.717) is 18.7 Å². The maximum Gasteiger partial charge on any atom is 0.303 e. The molecule has 1 aromatic rings. The Kier molecular flexibility index (Phi) is 11.0. The van der Waals surface area contributed by atoms with Gasteiger partial charge in [-0.1, -0.05) is 13.8 Å². The van der Waals surface area contributed by atoms with Crippen molar-refractivity contribution in [2.45, 2.75) is 53.1 Å². The van der Waals surface area contributed by atoms with Gasteiger partial charge in [0, 0.05) is 13.5 Å². The molecule has 0 atom stereocenters. The van der Waals surface area contributed by atoms with Crippen molar-refractivity contribution in [3.8, 4) is 11.5 Å². The molecule has 26 heavy (non-hydrogen) atoms. The second kappa shape index (κ2) is 11.8. The molecule has 0 aliphatic heterocycles. The highest BCUT2D eigenvalue weighted by Gasteiger charge is 2.24. The Hall–Kier alpha value is -1.76. The first-order valence-corrected chi connectivity index (χ1v) is 9.34. The maximum absolute atomic E-state index is 12.0. The molecule has 0 unspecified atom stereocenters. The summed E-state index contributed by atoms with van der Waals surface area (Å²) in [5.41, 5.74) is 0.103. The van der Waals surface area contributed by atoms with Crippen molar-refractivity contribution < 1.29 is 23.8 Å². The average molecular weight is 432 g/mol. The van der Waals surface area contributed by atoms with E-state index < -0.39 is 11.6 Å². The molecule has 0 aliphatic rings. The number of ether oxygens (including phenoxy) is 3. The fourth-order valence-corrected chi connectivity index (χ4v) is 2.81. The van der Waals surface area contributed by atoms with Gasteiger partial charge in [0.25, 0.3) is 0 Å². The normalized spacial score (nSPS) is 10.3. The lowest BCUT2D eigenvalue weighted by molar-refractivity contribution is -0.155. The zero-order chi connectivity index (χ0) is 20.3. The first-order chi connectivity index (χ1) is 12.2. The summed E-state index contributed by atoms with van der Waals surface area (Å²) >= 11 is 3.41. The lowest BCUT2D eigenvalue weighted by atomic mass is 10.0. The Morgan fingerprint density at radius 3 is 2.19 bits per heavy atom. The zero-order valence-corrected chi connectivity index (χ0v) is 18.3. The van der Waals surface area contributed by atoms with E-state index in [9.17, 15) is 9.59 Å². The summed E-state index contributed by atoms with van der Waals surface area (Å²) in [6, 6.07) is 3.71. The molecule has 1 N–H and O–H groups in total. The van der Waals surface area contributed by atoms with E-state index in [0.717, 1.165) is 15.8 Å². The van der Waals surface area contributed by atoms with Gasteiger partial charge in [-0.2, -0.15) is 0 Å². The Morgan fingerprint density at radius 1 is 1.12 bits per heavy atom. The maximum atomic E-state index is 12.0. The van der Waals surface area contributed by atoms with Crippen LogP contribution >= 0.6 is 15.9 Å². The summed E-state index contributed by atoms with van der Waals surface area (Å²) in [7, 11) is 3.19. The van der Waals surface area contributed by atoms with E-state index in [2.05, 4.69) is 21.2 Å². The van der Waals surface area contributed by atoms with Crippen molar-refractivity contribution in [2.24, 2.45) is 0 Å². The third kappa shape index (κ3) is 8.56. The molecular weight excluding hydrogens is 402 g/mol. The van der Waals surface area contributed by atoms with Crippen molar-refractivity contribution >= 4 is 27.8 Å². The van der Waals surface area contributed by atoms with Crippen molar-refractivity contribution in [3.63, 3.8) is 0 Å². The van der Waals surface area contributed by atoms with Gasteiger partial charge in [0.1, 0.15) is 17.1 Å². The standard InChI is InChI=1S/C17H24BrNO5.C2H6/c1-11(20)24-17(2,3)10-16(21)19-7-6-12-8-15(23-5)13(18)9-14(12)22-4;1-2/h8-9H,6-7,10H2,1-5H3,(H,19,21);1-2H3. The van der Waals surface area contributed by atoms with Crippen LogP contribution in [-0.2, 0) is 20.7 Å². The molecule has 7 heteroatoms. The number of nitrogens with one attached hydrogen (secondary N) is 1. The van der Waals surface area contributed by atoms with Crippen molar-refractivity contribution in [2.75, 3.05) is 20.8 Å². The van der Waals surface area contributed by atoms with Crippen LogP contribution in [0.2, 0.25) is 0 Å². The smallest absolute Gasteiger partial charge is 0.303 e. The summed E-state index contributed by atoms with van der Waals surface area (Å²) in [5, 5.41) is 2.83. The van der Waals surface area contributed by atoms with E-state index in [4.69, 9.17) is 14.2 Å². The van der Waals surface area contributed by atoms with Crippen molar-refractivity contribution in [3.05, 3.63) is 22.2 Å². The summed E-state index contributed by atoms with van der Waals surface area (Å²) < 4.78 is 16.5. The van der Waals surface area contributed by atoms with Crippen LogP contribution in [0.3, 0.4) is 0 Å². The fourth-order valence-electron chi connectivity index (χ4n) is 2.33. The number of rotatable bonds is 8. The number of carbonyl (C=O) groups is 2. The minimum atomic E-state index is -0.825. The van der Waals surface area contributed by atoms with Crippen LogP contribution in [0.4, 0.5) is 0 Å². The van der Waals surface area contributed by atoms with Gasteiger partial charge < -0.3 is 19.5 Å².